The lowest BCUT2D eigenvalue weighted by Gasteiger charge is -2.14. The highest BCUT2D eigenvalue weighted by Gasteiger charge is 2.21. The van der Waals surface area contributed by atoms with E-state index in [1.807, 2.05) is 6.92 Å². The number of esters is 1. The van der Waals surface area contributed by atoms with Crippen molar-refractivity contribution in [3.8, 4) is 0 Å². The van der Waals surface area contributed by atoms with Crippen molar-refractivity contribution in [1.82, 2.24) is 5.32 Å². The number of benzene rings is 1. The monoisotopic (exact) mass is 271 g/mol. The molecule has 1 unspecified atom stereocenters. The van der Waals surface area contributed by atoms with E-state index in [0.29, 0.717) is 10.6 Å². The fourth-order valence-electron chi connectivity index (χ4n) is 1.30. The van der Waals surface area contributed by atoms with Gasteiger partial charge in [-0.25, -0.2) is 4.79 Å². The van der Waals surface area contributed by atoms with Crippen molar-refractivity contribution in [1.29, 1.82) is 0 Å². The molecule has 0 aromatic heterocycles. The number of methoxy groups -OCH3 is 1. The van der Waals surface area contributed by atoms with Crippen LogP contribution in [0.2, 0.25) is 5.02 Å². The van der Waals surface area contributed by atoms with Crippen LogP contribution in [0.3, 0.4) is 0 Å². The number of aliphatic hydroxyl groups is 1. The van der Waals surface area contributed by atoms with E-state index in [1.54, 1.807) is 12.1 Å². The lowest BCUT2D eigenvalue weighted by molar-refractivity contribution is -0.143. The number of carbonyl (C=O) groups excluding carboxylic acids is 2. The number of carbonyl (C=O) groups is 2. The normalized spacial score (nSPS) is 11.8. The summed E-state index contributed by atoms with van der Waals surface area (Å²) in [7, 11) is 1.18. The van der Waals surface area contributed by atoms with Gasteiger partial charge < -0.3 is 15.2 Å². The summed E-state index contributed by atoms with van der Waals surface area (Å²) in [5.41, 5.74) is 1.16. The van der Waals surface area contributed by atoms with E-state index in [1.165, 1.54) is 13.2 Å². The molecule has 6 heteroatoms. The Morgan fingerprint density at radius 1 is 1.50 bits per heavy atom. The van der Waals surface area contributed by atoms with Crippen molar-refractivity contribution >= 4 is 23.5 Å². The fourth-order valence-corrected chi connectivity index (χ4v) is 1.48. The highest BCUT2D eigenvalue weighted by atomic mass is 35.5. The Morgan fingerprint density at radius 2 is 2.17 bits per heavy atom. The molecule has 2 N–H and O–H groups in total. The van der Waals surface area contributed by atoms with Crippen LogP contribution in [0.25, 0.3) is 0 Å². The van der Waals surface area contributed by atoms with Crippen molar-refractivity contribution in [2.45, 2.75) is 13.0 Å². The summed E-state index contributed by atoms with van der Waals surface area (Å²) in [4.78, 5) is 23.0. The SMILES string of the molecule is COC(=O)C(CO)NC(=O)c1ccc(C)c(Cl)c1. The zero-order valence-corrected chi connectivity index (χ0v) is 10.8. The summed E-state index contributed by atoms with van der Waals surface area (Å²) < 4.78 is 4.44. The summed E-state index contributed by atoms with van der Waals surface area (Å²) in [6, 6.07) is 3.70. The lowest BCUT2D eigenvalue weighted by atomic mass is 10.1. The van der Waals surface area contributed by atoms with Gasteiger partial charge in [0.05, 0.1) is 13.7 Å². The molecule has 1 aromatic carbocycles. The first-order valence-electron chi connectivity index (χ1n) is 5.25. The van der Waals surface area contributed by atoms with Crippen molar-refractivity contribution in [2.75, 3.05) is 13.7 Å². The van der Waals surface area contributed by atoms with Gasteiger partial charge in [0, 0.05) is 10.6 Å². The largest absolute Gasteiger partial charge is 0.467 e. The molecule has 0 radical (unpaired) electrons. The molecule has 0 bridgehead atoms. The van der Waals surface area contributed by atoms with E-state index in [0.717, 1.165) is 5.56 Å². The molecule has 0 aliphatic heterocycles. The number of halogens is 1. The second-order valence-electron chi connectivity index (χ2n) is 3.70. The number of aliphatic hydroxyl groups excluding tert-OH is 1. The predicted molar refractivity (Wildman–Crippen MR) is 66.5 cm³/mol. The molecule has 0 aliphatic rings. The number of nitrogens with one attached hydrogen (secondary N) is 1. The first-order valence-corrected chi connectivity index (χ1v) is 5.63. The lowest BCUT2D eigenvalue weighted by Crippen LogP contribution is -2.44. The molecule has 18 heavy (non-hydrogen) atoms. The summed E-state index contributed by atoms with van der Waals surface area (Å²) >= 11 is 5.90. The molecular formula is C12H14ClNO4. The van der Waals surface area contributed by atoms with Crippen LogP contribution >= 0.6 is 11.6 Å². The second-order valence-corrected chi connectivity index (χ2v) is 4.10. The number of aryl methyl sites for hydroxylation is 1. The zero-order chi connectivity index (χ0) is 13.7. The van der Waals surface area contributed by atoms with Gasteiger partial charge in [-0.05, 0) is 24.6 Å². The standard InChI is InChI=1S/C12H14ClNO4/c1-7-3-4-8(5-9(7)13)11(16)14-10(6-15)12(17)18-2/h3-5,10,15H,6H2,1-2H3,(H,14,16). The summed E-state index contributed by atoms with van der Waals surface area (Å²) in [5, 5.41) is 11.8. The van der Waals surface area contributed by atoms with Gasteiger partial charge in [-0.3, -0.25) is 4.79 Å². The average Bonchev–Trinajstić information content (AvgIpc) is 2.37. The van der Waals surface area contributed by atoms with E-state index >= 15 is 0 Å². The van der Waals surface area contributed by atoms with Gasteiger partial charge >= 0.3 is 5.97 Å². The van der Waals surface area contributed by atoms with Crippen LogP contribution in [-0.2, 0) is 9.53 Å². The predicted octanol–water partition coefficient (Wildman–Crippen LogP) is 0.912. The second kappa shape index (κ2) is 6.37. The van der Waals surface area contributed by atoms with Gasteiger partial charge in [-0.15, -0.1) is 0 Å². The Morgan fingerprint density at radius 3 is 2.67 bits per heavy atom. The van der Waals surface area contributed by atoms with Gasteiger partial charge in [0.1, 0.15) is 0 Å². The fraction of sp³-hybridized carbons (Fsp3) is 0.333. The van der Waals surface area contributed by atoms with Crippen molar-refractivity contribution in [3.05, 3.63) is 34.3 Å². The van der Waals surface area contributed by atoms with E-state index in [4.69, 9.17) is 16.7 Å². The molecule has 0 saturated heterocycles. The molecule has 0 spiro atoms. The van der Waals surface area contributed by atoms with Crippen LogP contribution in [0.4, 0.5) is 0 Å². The molecule has 1 rings (SSSR count). The van der Waals surface area contributed by atoms with Crippen LogP contribution in [0, 0.1) is 6.92 Å². The number of ether oxygens (including phenoxy) is 1. The third-order valence-electron chi connectivity index (χ3n) is 2.41. The van der Waals surface area contributed by atoms with Crippen LogP contribution in [0.1, 0.15) is 15.9 Å². The Kier molecular flexibility index (Phi) is 5.12. The molecule has 98 valence electrons. The molecule has 0 saturated carbocycles. The maximum Gasteiger partial charge on any atom is 0.330 e. The Labute approximate surface area is 110 Å². The minimum Gasteiger partial charge on any atom is -0.467 e. The van der Waals surface area contributed by atoms with Crippen LogP contribution in [0.5, 0.6) is 0 Å². The molecule has 1 aromatic rings. The highest BCUT2D eigenvalue weighted by Crippen LogP contribution is 2.16. The van der Waals surface area contributed by atoms with E-state index < -0.39 is 24.5 Å². The minimum absolute atomic E-state index is 0.313. The van der Waals surface area contributed by atoms with Gasteiger partial charge in [-0.2, -0.15) is 0 Å². The van der Waals surface area contributed by atoms with Crippen LogP contribution in [-0.4, -0.2) is 36.7 Å². The number of hydrogen-bond acceptors (Lipinski definition) is 4. The topological polar surface area (TPSA) is 75.6 Å². The molecule has 0 aliphatic carbocycles. The first-order chi connectivity index (χ1) is 8.49. The molecular weight excluding hydrogens is 258 g/mol. The van der Waals surface area contributed by atoms with Crippen molar-refractivity contribution < 1.29 is 19.4 Å². The quantitative estimate of drug-likeness (QED) is 0.798. The Balaban J connectivity index is 2.81. The van der Waals surface area contributed by atoms with E-state index in [9.17, 15) is 9.59 Å². The number of rotatable bonds is 4. The van der Waals surface area contributed by atoms with Crippen LogP contribution in [0.15, 0.2) is 18.2 Å². The minimum atomic E-state index is -1.08. The van der Waals surface area contributed by atoms with Gasteiger partial charge in [0.2, 0.25) is 0 Å². The van der Waals surface area contributed by atoms with Gasteiger partial charge in [0.25, 0.3) is 5.91 Å². The van der Waals surface area contributed by atoms with Gasteiger partial charge in [0.15, 0.2) is 6.04 Å². The van der Waals surface area contributed by atoms with E-state index in [-0.39, 0.29) is 0 Å². The Bertz CT molecular complexity index is 461. The zero-order valence-electron chi connectivity index (χ0n) is 10.1. The van der Waals surface area contributed by atoms with Gasteiger partial charge in [-0.1, -0.05) is 17.7 Å². The first kappa shape index (κ1) is 14.5. The van der Waals surface area contributed by atoms with Crippen molar-refractivity contribution in [2.24, 2.45) is 0 Å². The number of amides is 1. The third-order valence-corrected chi connectivity index (χ3v) is 2.81. The average molecular weight is 272 g/mol. The maximum absolute atomic E-state index is 11.8. The summed E-state index contributed by atoms with van der Waals surface area (Å²) in [5.74, 6) is -1.20. The molecule has 5 nitrogen and oxygen atoms in total. The molecule has 1 atom stereocenters. The third kappa shape index (κ3) is 3.45. The summed E-state index contributed by atoms with van der Waals surface area (Å²) in [6.45, 7) is 1.28. The van der Waals surface area contributed by atoms with E-state index in [2.05, 4.69) is 10.1 Å². The molecule has 0 heterocycles. The smallest absolute Gasteiger partial charge is 0.330 e. The summed E-state index contributed by atoms with van der Waals surface area (Å²) in [6.07, 6.45) is 0. The molecule has 0 fully saturated rings. The molecule has 1 amide bonds. The Hall–Kier alpha value is -1.59. The van der Waals surface area contributed by atoms with Crippen molar-refractivity contribution in [3.63, 3.8) is 0 Å². The highest BCUT2D eigenvalue weighted by molar-refractivity contribution is 6.31. The van der Waals surface area contributed by atoms with Crippen LogP contribution < -0.4 is 5.32 Å². The maximum atomic E-state index is 11.8. The number of hydrogen-bond donors (Lipinski definition) is 2.